The van der Waals surface area contributed by atoms with Crippen molar-refractivity contribution in [3.8, 4) is 0 Å². The predicted octanol–water partition coefficient (Wildman–Crippen LogP) is 6.58. The molecule has 0 saturated carbocycles. The normalized spacial score (nSPS) is 11.1. The number of pyridine rings is 1. The summed E-state index contributed by atoms with van der Waals surface area (Å²) in [7, 11) is 0. The van der Waals surface area contributed by atoms with Crippen molar-refractivity contribution in [3.63, 3.8) is 0 Å². The minimum atomic E-state index is -0.302. The van der Waals surface area contributed by atoms with Gasteiger partial charge in [-0.15, -0.1) is 0 Å². The molecule has 0 aliphatic carbocycles. The van der Waals surface area contributed by atoms with Gasteiger partial charge in [0.2, 0.25) is 0 Å². The van der Waals surface area contributed by atoms with Crippen LogP contribution in [0, 0.1) is 5.82 Å². The monoisotopic (exact) mass is 356 g/mol. The number of nitrogens with zero attached hydrogens (tertiary/aromatic N) is 1. The fourth-order valence-electron chi connectivity index (χ4n) is 2.73. The number of halogens is 3. The van der Waals surface area contributed by atoms with E-state index in [9.17, 15) is 4.39 Å². The number of hydrogen-bond acceptors (Lipinski definition) is 2. The Morgan fingerprint density at radius 1 is 0.792 bits per heavy atom. The zero-order chi connectivity index (χ0) is 16.7. The molecule has 0 fully saturated rings. The van der Waals surface area contributed by atoms with Crippen LogP contribution < -0.4 is 5.32 Å². The number of hydrogen-bond donors (Lipinski definition) is 1. The van der Waals surface area contributed by atoms with E-state index in [1.807, 2.05) is 30.3 Å². The van der Waals surface area contributed by atoms with Crippen LogP contribution in [-0.2, 0) is 0 Å². The number of fused-ring (bicyclic) bond motifs is 2. The van der Waals surface area contributed by atoms with Crippen molar-refractivity contribution < 1.29 is 4.39 Å². The minimum Gasteiger partial charge on any atom is -0.354 e. The molecule has 24 heavy (non-hydrogen) atoms. The summed E-state index contributed by atoms with van der Waals surface area (Å²) in [6.45, 7) is 0. The molecule has 5 heteroatoms. The fraction of sp³-hybridized carbons (Fsp3) is 0. The zero-order valence-corrected chi connectivity index (χ0v) is 13.9. The zero-order valence-electron chi connectivity index (χ0n) is 12.4. The third kappa shape index (κ3) is 2.77. The molecule has 0 atom stereocenters. The lowest BCUT2D eigenvalue weighted by molar-refractivity contribution is 0.628. The van der Waals surface area contributed by atoms with Gasteiger partial charge in [-0.05, 0) is 54.6 Å². The van der Waals surface area contributed by atoms with E-state index in [0.717, 1.165) is 27.5 Å². The molecule has 4 aromatic rings. The lowest BCUT2D eigenvalue weighted by atomic mass is 10.1. The first-order valence-electron chi connectivity index (χ1n) is 7.31. The van der Waals surface area contributed by atoms with Gasteiger partial charge in [-0.25, -0.2) is 9.37 Å². The van der Waals surface area contributed by atoms with Gasteiger partial charge in [0.1, 0.15) is 5.82 Å². The highest BCUT2D eigenvalue weighted by Crippen LogP contribution is 2.35. The Bertz CT molecular complexity index is 1080. The highest BCUT2D eigenvalue weighted by Gasteiger charge is 2.11. The molecule has 0 saturated heterocycles. The molecule has 1 N–H and O–H groups in total. The highest BCUT2D eigenvalue weighted by molar-refractivity contribution is 6.32. The van der Waals surface area contributed by atoms with Crippen LogP contribution in [0.4, 0.5) is 15.8 Å². The predicted molar refractivity (Wildman–Crippen MR) is 99.0 cm³/mol. The van der Waals surface area contributed by atoms with Crippen LogP contribution in [-0.4, -0.2) is 4.98 Å². The van der Waals surface area contributed by atoms with E-state index in [1.54, 1.807) is 18.2 Å². The van der Waals surface area contributed by atoms with Gasteiger partial charge in [-0.1, -0.05) is 29.3 Å². The molecule has 0 aliphatic heterocycles. The molecule has 1 aromatic heterocycles. The van der Waals surface area contributed by atoms with Gasteiger partial charge in [0, 0.05) is 26.5 Å². The fourth-order valence-corrected chi connectivity index (χ4v) is 3.07. The molecular formula is C19H11Cl2FN2. The molecule has 0 aliphatic rings. The van der Waals surface area contributed by atoms with E-state index in [2.05, 4.69) is 10.3 Å². The Labute approximate surface area is 147 Å². The van der Waals surface area contributed by atoms with Crippen molar-refractivity contribution in [2.75, 3.05) is 5.32 Å². The molecule has 0 amide bonds. The van der Waals surface area contributed by atoms with Crippen molar-refractivity contribution >= 4 is 56.4 Å². The maximum atomic E-state index is 13.5. The summed E-state index contributed by atoms with van der Waals surface area (Å²) in [4.78, 5) is 4.64. The SMILES string of the molecule is Fc1cccc(Nc2c3ccc(Cl)cc3nc3ccc(Cl)cc23)c1. The number of nitrogens with one attached hydrogen (secondary N) is 1. The molecule has 4 rings (SSSR count). The quantitative estimate of drug-likeness (QED) is 0.410. The first kappa shape index (κ1) is 15.2. The van der Waals surface area contributed by atoms with E-state index >= 15 is 0 Å². The molecule has 2 nitrogen and oxygen atoms in total. The second-order valence-electron chi connectivity index (χ2n) is 5.45. The molecule has 0 unspecified atom stereocenters. The standard InChI is InChI=1S/C19H11Cl2FN2/c20-11-5-7-17-16(8-11)19(23-14-3-1-2-13(22)10-14)15-6-4-12(21)9-18(15)24-17/h1-10H,(H,23,24). The lowest BCUT2D eigenvalue weighted by Gasteiger charge is -2.14. The van der Waals surface area contributed by atoms with Crippen LogP contribution in [0.2, 0.25) is 10.0 Å². The largest absolute Gasteiger partial charge is 0.354 e. The van der Waals surface area contributed by atoms with Gasteiger partial charge >= 0.3 is 0 Å². The second kappa shape index (κ2) is 5.93. The molecule has 118 valence electrons. The summed E-state index contributed by atoms with van der Waals surface area (Å²) in [6, 6.07) is 17.3. The van der Waals surface area contributed by atoms with Gasteiger partial charge in [-0.3, -0.25) is 0 Å². The molecular weight excluding hydrogens is 346 g/mol. The molecule has 0 bridgehead atoms. The van der Waals surface area contributed by atoms with E-state index in [0.29, 0.717) is 15.7 Å². The van der Waals surface area contributed by atoms with Gasteiger partial charge in [0.25, 0.3) is 0 Å². The number of benzene rings is 3. The van der Waals surface area contributed by atoms with Gasteiger partial charge in [0.15, 0.2) is 0 Å². The molecule has 0 radical (unpaired) electrons. The average Bonchev–Trinajstić information content (AvgIpc) is 2.55. The van der Waals surface area contributed by atoms with E-state index in [4.69, 9.17) is 23.2 Å². The second-order valence-corrected chi connectivity index (χ2v) is 6.32. The maximum absolute atomic E-state index is 13.5. The average molecular weight is 357 g/mol. The van der Waals surface area contributed by atoms with Crippen molar-refractivity contribution in [2.24, 2.45) is 0 Å². The first-order valence-corrected chi connectivity index (χ1v) is 8.07. The Balaban J connectivity index is 2.02. The number of anilines is 2. The van der Waals surface area contributed by atoms with Gasteiger partial charge in [-0.2, -0.15) is 0 Å². The number of rotatable bonds is 2. The third-order valence-electron chi connectivity index (χ3n) is 3.79. The van der Waals surface area contributed by atoms with Crippen LogP contribution in [0.5, 0.6) is 0 Å². The molecule has 0 spiro atoms. The highest BCUT2D eigenvalue weighted by atomic mass is 35.5. The summed E-state index contributed by atoms with van der Waals surface area (Å²) in [6.07, 6.45) is 0. The van der Waals surface area contributed by atoms with Gasteiger partial charge in [0.05, 0.1) is 16.7 Å². The van der Waals surface area contributed by atoms with E-state index < -0.39 is 0 Å². The summed E-state index contributed by atoms with van der Waals surface area (Å²) < 4.78 is 13.5. The van der Waals surface area contributed by atoms with Crippen molar-refractivity contribution in [3.05, 3.63) is 76.5 Å². The summed E-state index contributed by atoms with van der Waals surface area (Å²) in [5.41, 5.74) is 3.02. The van der Waals surface area contributed by atoms with Crippen LogP contribution in [0.25, 0.3) is 21.8 Å². The van der Waals surface area contributed by atoms with Gasteiger partial charge < -0.3 is 5.32 Å². The molecule has 3 aromatic carbocycles. The topological polar surface area (TPSA) is 24.9 Å². The summed E-state index contributed by atoms with van der Waals surface area (Å²) in [5.74, 6) is -0.302. The maximum Gasteiger partial charge on any atom is 0.125 e. The van der Waals surface area contributed by atoms with Crippen LogP contribution >= 0.6 is 23.2 Å². The van der Waals surface area contributed by atoms with Crippen LogP contribution in [0.3, 0.4) is 0 Å². The summed E-state index contributed by atoms with van der Waals surface area (Å²) in [5, 5.41) is 6.27. The lowest BCUT2D eigenvalue weighted by Crippen LogP contribution is -1.96. The van der Waals surface area contributed by atoms with E-state index in [-0.39, 0.29) is 5.82 Å². The van der Waals surface area contributed by atoms with Crippen molar-refractivity contribution in [1.82, 2.24) is 4.98 Å². The Morgan fingerprint density at radius 2 is 1.58 bits per heavy atom. The van der Waals surface area contributed by atoms with Crippen LogP contribution in [0.1, 0.15) is 0 Å². The Morgan fingerprint density at radius 3 is 2.42 bits per heavy atom. The van der Waals surface area contributed by atoms with Crippen molar-refractivity contribution in [1.29, 1.82) is 0 Å². The minimum absolute atomic E-state index is 0.302. The van der Waals surface area contributed by atoms with Crippen LogP contribution in [0.15, 0.2) is 60.7 Å². The summed E-state index contributed by atoms with van der Waals surface area (Å²) >= 11 is 12.3. The Kier molecular flexibility index (Phi) is 3.75. The van der Waals surface area contributed by atoms with Crippen molar-refractivity contribution in [2.45, 2.75) is 0 Å². The smallest absolute Gasteiger partial charge is 0.125 e. The Hall–Kier alpha value is -2.36. The van der Waals surface area contributed by atoms with E-state index in [1.165, 1.54) is 12.1 Å². The molecule has 1 heterocycles. The third-order valence-corrected chi connectivity index (χ3v) is 4.26. The number of aromatic nitrogens is 1. The first-order chi connectivity index (χ1) is 11.6.